The maximum Gasteiger partial charge on any atom is 0.244 e. The number of nitrogens with one attached hydrogen (secondary N) is 2. The predicted octanol–water partition coefficient (Wildman–Crippen LogP) is 2.50. The van der Waals surface area contributed by atoms with E-state index in [0.717, 1.165) is 16.9 Å². The summed E-state index contributed by atoms with van der Waals surface area (Å²) in [6.07, 6.45) is 3.75. The van der Waals surface area contributed by atoms with Gasteiger partial charge >= 0.3 is 0 Å². The maximum absolute atomic E-state index is 11.8. The lowest BCUT2D eigenvalue weighted by Gasteiger charge is -2.07. The molecule has 0 saturated heterocycles. The maximum atomic E-state index is 11.8. The summed E-state index contributed by atoms with van der Waals surface area (Å²) >= 11 is 0. The monoisotopic (exact) mass is 388 g/mol. The summed E-state index contributed by atoms with van der Waals surface area (Å²) in [6.45, 7) is 3.04. The molecule has 0 aromatic heterocycles. The molecule has 0 spiro atoms. The van der Waals surface area contributed by atoms with Crippen molar-refractivity contribution in [3.63, 3.8) is 0 Å². The van der Waals surface area contributed by atoms with Gasteiger partial charge < -0.3 is 10.1 Å². The lowest BCUT2D eigenvalue weighted by Crippen LogP contribution is -2.23. The van der Waals surface area contributed by atoms with Crippen molar-refractivity contribution in [3.05, 3.63) is 65.7 Å². The van der Waals surface area contributed by atoms with Crippen LogP contribution in [0, 0.1) is 6.92 Å². The number of carbonyl (C=O) groups excluding carboxylic acids is 1. The first-order chi connectivity index (χ1) is 12.9. The average Bonchev–Trinajstić information content (AvgIpc) is 2.66. The zero-order valence-electron chi connectivity index (χ0n) is 15.4. The Bertz CT molecular complexity index is 890. The number of aryl methyl sites for hydroxylation is 1. The largest absolute Gasteiger partial charge is 0.494 e. The van der Waals surface area contributed by atoms with Crippen LogP contribution in [0.1, 0.15) is 17.5 Å². The molecule has 7 heteroatoms. The highest BCUT2D eigenvalue weighted by Crippen LogP contribution is 2.12. The normalized spacial score (nSPS) is 11.5. The van der Waals surface area contributed by atoms with Crippen molar-refractivity contribution in [2.45, 2.75) is 18.2 Å². The SMILES string of the molecule is CNS(=O)(=O)c1ccc(/C=C/C(=O)NCCCOc2cccc(C)c2)cc1. The summed E-state index contributed by atoms with van der Waals surface area (Å²) in [5.41, 5.74) is 1.88. The van der Waals surface area contributed by atoms with Crippen LogP contribution in [0.5, 0.6) is 5.75 Å². The van der Waals surface area contributed by atoms with E-state index in [1.807, 2.05) is 31.2 Å². The first kappa shape index (κ1) is 20.7. The highest BCUT2D eigenvalue weighted by Gasteiger charge is 2.09. The van der Waals surface area contributed by atoms with Gasteiger partial charge in [0.05, 0.1) is 11.5 Å². The zero-order chi connectivity index (χ0) is 19.7. The molecule has 2 N–H and O–H groups in total. The second-order valence-corrected chi connectivity index (χ2v) is 7.81. The highest BCUT2D eigenvalue weighted by molar-refractivity contribution is 7.89. The fraction of sp³-hybridized carbons (Fsp3) is 0.250. The molecule has 6 nitrogen and oxygen atoms in total. The Balaban J connectivity index is 1.72. The molecule has 2 aromatic carbocycles. The van der Waals surface area contributed by atoms with E-state index in [1.54, 1.807) is 18.2 Å². The second kappa shape index (κ2) is 9.89. The Morgan fingerprint density at radius 3 is 2.56 bits per heavy atom. The van der Waals surface area contributed by atoms with E-state index in [9.17, 15) is 13.2 Å². The van der Waals surface area contributed by atoms with Gasteiger partial charge in [-0.3, -0.25) is 4.79 Å². The molecule has 0 fully saturated rings. The minimum absolute atomic E-state index is 0.181. The molecule has 2 rings (SSSR count). The molecule has 0 aliphatic carbocycles. The fourth-order valence-corrected chi connectivity index (χ4v) is 3.02. The van der Waals surface area contributed by atoms with Crippen LogP contribution in [0.25, 0.3) is 6.08 Å². The molecule has 0 atom stereocenters. The van der Waals surface area contributed by atoms with Crippen molar-refractivity contribution >= 4 is 22.0 Å². The first-order valence-corrected chi connectivity index (χ1v) is 10.1. The Labute approximate surface area is 160 Å². The van der Waals surface area contributed by atoms with Crippen LogP contribution in [0.3, 0.4) is 0 Å². The molecule has 0 saturated carbocycles. The third kappa shape index (κ3) is 6.88. The zero-order valence-corrected chi connectivity index (χ0v) is 16.3. The van der Waals surface area contributed by atoms with Crippen LogP contribution < -0.4 is 14.8 Å². The fourth-order valence-electron chi connectivity index (χ4n) is 2.29. The molecule has 0 aliphatic heterocycles. The highest BCUT2D eigenvalue weighted by atomic mass is 32.2. The van der Waals surface area contributed by atoms with E-state index in [0.29, 0.717) is 19.6 Å². The van der Waals surface area contributed by atoms with E-state index in [2.05, 4.69) is 10.0 Å². The molecule has 0 heterocycles. The third-order valence-corrected chi connectivity index (χ3v) is 5.20. The first-order valence-electron chi connectivity index (χ1n) is 8.60. The molecular formula is C20H24N2O4S. The number of hydrogen-bond donors (Lipinski definition) is 2. The number of hydrogen-bond acceptors (Lipinski definition) is 4. The molecular weight excluding hydrogens is 364 g/mol. The minimum Gasteiger partial charge on any atom is -0.494 e. The topological polar surface area (TPSA) is 84.5 Å². The number of carbonyl (C=O) groups is 1. The number of amides is 1. The summed E-state index contributed by atoms with van der Waals surface area (Å²) in [7, 11) is -2.09. The van der Waals surface area contributed by atoms with Gasteiger partial charge in [0.2, 0.25) is 15.9 Å². The summed E-state index contributed by atoms with van der Waals surface area (Å²) in [5, 5.41) is 2.78. The van der Waals surface area contributed by atoms with Crippen molar-refractivity contribution in [2.24, 2.45) is 0 Å². The Hall–Kier alpha value is -2.64. The lowest BCUT2D eigenvalue weighted by atomic mass is 10.2. The van der Waals surface area contributed by atoms with Gasteiger partial charge in [0.1, 0.15) is 5.75 Å². The summed E-state index contributed by atoms with van der Waals surface area (Å²) < 4.78 is 31.2. The van der Waals surface area contributed by atoms with Gasteiger partial charge in [-0.25, -0.2) is 13.1 Å². The molecule has 2 aromatic rings. The Morgan fingerprint density at radius 1 is 1.15 bits per heavy atom. The minimum atomic E-state index is -3.45. The predicted molar refractivity (Wildman–Crippen MR) is 106 cm³/mol. The number of sulfonamides is 1. The third-order valence-electron chi connectivity index (χ3n) is 3.76. The molecule has 0 radical (unpaired) electrons. The Morgan fingerprint density at radius 2 is 1.89 bits per heavy atom. The Kier molecular flexibility index (Phi) is 7.57. The van der Waals surface area contributed by atoms with Gasteiger partial charge in [-0.15, -0.1) is 0 Å². The van der Waals surface area contributed by atoms with Gasteiger partial charge in [0.15, 0.2) is 0 Å². The van der Waals surface area contributed by atoms with Crippen molar-refractivity contribution in [2.75, 3.05) is 20.2 Å². The van der Waals surface area contributed by atoms with Crippen LogP contribution in [0.2, 0.25) is 0 Å². The standard InChI is InChI=1S/C20H24N2O4S/c1-16-5-3-6-18(15-16)26-14-4-13-22-20(23)12-9-17-7-10-19(11-8-17)27(24,25)21-2/h3,5-12,15,21H,4,13-14H2,1-2H3,(H,22,23)/b12-9+. The quantitative estimate of drug-likeness (QED) is 0.511. The number of rotatable bonds is 9. The molecule has 0 unspecified atom stereocenters. The second-order valence-electron chi connectivity index (χ2n) is 5.92. The van der Waals surface area contributed by atoms with Crippen LogP contribution in [-0.2, 0) is 14.8 Å². The van der Waals surface area contributed by atoms with Gasteiger partial charge in [0.25, 0.3) is 0 Å². The summed E-state index contributed by atoms with van der Waals surface area (Å²) in [6, 6.07) is 14.1. The van der Waals surface area contributed by atoms with E-state index >= 15 is 0 Å². The van der Waals surface area contributed by atoms with E-state index in [4.69, 9.17) is 4.74 Å². The van der Waals surface area contributed by atoms with Gasteiger partial charge in [-0.1, -0.05) is 24.3 Å². The van der Waals surface area contributed by atoms with Crippen LogP contribution >= 0.6 is 0 Å². The molecule has 144 valence electrons. The summed E-state index contributed by atoms with van der Waals surface area (Å²) in [4.78, 5) is 12.0. The molecule has 0 aliphatic rings. The van der Waals surface area contributed by atoms with Gasteiger partial charge in [-0.2, -0.15) is 0 Å². The van der Waals surface area contributed by atoms with Gasteiger partial charge in [-0.05, 0) is 61.9 Å². The van der Waals surface area contributed by atoms with Crippen molar-refractivity contribution in [1.82, 2.24) is 10.0 Å². The van der Waals surface area contributed by atoms with Crippen molar-refractivity contribution in [1.29, 1.82) is 0 Å². The molecule has 27 heavy (non-hydrogen) atoms. The van der Waals surface area contributed by atoms with E-state index < -0.39 is 10.0 Å². The van der Waals surface area contributed by atoms with E-state index in [1.165, 1.54) is 25.3 Å². The average molecular weight is 388 g/mol. The number of ether oxygens (including phenoxy) is 1. The van der Waals surface area contributed by atoms with Crippen molar-refractivity contribution < 1.29 is 17.9 Å². The summed E-state index contributed by atoms with van der Waals surface area (Å²) in [5.74, 6) is 0.613. The van der Waals surface area contributed by atoms with E-state index in [-0.39, 0.29) is 10.8 Å². The molecule has 0 bridgehead atoms. The van der Waals surface area contributed by atoms with Crippen LogP contribution in [-0.4, -0.2) is 34.5 Å². The van der Waals surface area contributed by atoms with Crippen LogP contribution in [0.4, 0.5) is 0 Å². The van der Waals surface area contributed by atoms with Crippen molar-refractivity contribution in [3.8, 4) is 5.75 Å². The molecule has 1 amide bonds. The van der Waals surface area contributed by atoms with Gasteiger partial charge in [0, 0.05) is 12.6 Å². The number of benzene rings is 2. The smallest absolute Gasteiger partial charge is 0.244 e. The lowest BCUT2D eigenvalue weighted by molar-refractivity contribution is -0.116. The van der Waals surface area contributed by atoms with Crippen LogP contribution in [0.15, 0.2) is 59.5 Å².